The molecule has 0 spiro atoms. The summed E-state index contributed by atoms with van der Waals surface area (Å²) in [6.07, 6.45) is 1.42. The van der Waals surface area contributed by atoms with Crippen molar-refractivity contribution in [3.63, 3.8) is 0 Å². The molecule has 9 heteroatoms. The molecule has 8 nitrogen and oxygen atoms in total. The summed E-state index contributed by atoms with van der Waals surface area (Å²) >= 11 is 0. The third-order valence-corrected chi connectivity index (χ3v) is 3.65. The van der Waals surface area contributed by atoms with E-state index in [-0.39, 0.29) is 22.9 Å². The normalized spacial score (nSPS) is 11.4. The fourth-order valence-corrected chi connectivity index (χ4v) is 2.51. The second-order valence-corrected chi connectivity index (χ2v) is 5.97. The smallest absolute Gasteiger partial charge is 0.271 e. The van der Waals surface area contributed by atoms with Crippen LogP contribution in [0.1, 0.15) is 18.4 Å². The van der Waals surface area contributed by atoms with Gasteiger partial charge in [-0.15, -0.1) is 0 Å². The Bertz CT molecular complexity index is 614. The number of sulfonamides is 1. The van der Waals surface area contributed by atoms with Crippen molar-refractivity contribution in [2.45, 2.75) is 24.7 Å². The van der Waals surface area contributed by atoms with Crippen molar-refractivity contribution in [1.29, 1.82) is 0 Å². The molecule has 0 aliphatic carbocycles. The van der Waals surface area contributed by atoms with Crippen LogP contribution in [0.25, 0.3) is 0 Å². The lowest BCUT2D eigenvalue weighted by Gasteiger charge is -2.13. The number of methoxy groups -OCH3 is 1. The quantitative estimate of drug-likeness (QED) is 0.438. The standard InChI is InChI=1S/C12H18N2O6S/c1-9-7-10(14(15)16)8-11(21(13,17)18)12(9)20-6-4-3-5-19-2/h7-8H,3-6H2,1-2H3,(H2,13,17,18). The van der Waals surface area contributed by atoms with Gasteiger partial charge in [0.05, 0.1) is 11.5 Å². The third-order valence-electron chi connectivity index (χ3n) is 2.73. The monoisotopic (exact) mass is 318 g/mol. The summed E-state index contributed by atoms with van der Waals surface area (Å²) in [6, 6.07) is 2.16. The second-order valence-electron chi connectivity index (χ2n) is 4.44. The molecule has 0 atom stereocenters. The number of aryl methyl sites for hydroxylation is 1. The predicted molar refractivity (Wildman–Crippen MR) is 75.8 cm³/mol. The maximum absolute atomic E-state index is 11.6. The Labute approximate surface area is 123 Å². The molecule has 21 heavy (non-hydrogen) atoms. The van der Waals surface area contributed by atoms with Crippen molar-refractivity contribution in [2.75, 3.05) is 20.3 Å². The predicted octanol–water partition coefficient (Wildman–Crippen LogP) is 1.36. The Hall–Kier alpha value is -1.71. The number of primary sulfonamides is 1. The number of nitro benzene ring substituents is 1. The average Bonchev–Trinajstić information content (AvgIpc) is 2.38. The van der Waals surface area contributed by atoms with E-state index in [0.717, 1.165) is 12.5 Å². The lowest BCUT2D eigenvalue weighted by atomic mass is 10.2. The summed E-state index contributed by atoms with van der Waals surface area (Å²) in [5.74, 6) is 0.0560. The van der Waals surface area contributed by atoms with Gasteiger partial charge in [-0.25, -0.2) is 13.6 Å². The highest BCUT2D eigenvalue weighted by Crippen LogP contribution is 2.31. The molecule has 0 fully saturated rings. The van der Waals surface area contributed by atoms with Gasteiger partial charge in [0, 0.05) is 25.8 Å². The number of ether oxygens (including phenoxy) is 2. The molecule has 0 unspecified atom stereocenters. The number of nitrogens with two attached hydrogens (primary N) is 1. The van der Waals surface area contributed by atoms with Gasteiger partial charge in [0.2, 0.25) is 10.0 Å². The first-order valence-corrected chi connectivity index (χ1v) is 7.75. The summed E-state index contributed by atoms with van der Waals surface area (Å²) in [7, 11) is -2.53. The molecule has 0 aliphatic heterocycles. The maximum Gasteiger partial charge on any atom is 0.271 e. The molecule has 1 rings (SSSR count). The Balaban J connectivity index is 3.04. The maximum atomic E-state index is 11.6. The van der Waals surface area contributed by atoms with Crippen molar-refractivity contribution in [3.8, 4) is 5.75 Å². The van der Waals surface area contributed by atoms with Gasteiger partial charge in [0.25, 0.3) is 5.69 Å². The fraction of sp³-hybridized carbons (Fsp3) is 0.500. The van der Waals surface area contributed by atoms with Crippen LogP contribution < -0.4 is 9.88 Å². The van der Waals surface area contributed by atoms with E-state index in [1.165, 1.54) is 13.0 Å². The number of nitro groups is 1. The van der Waals surface area contributed by atoms with Crippen molar-refractivity contribution in [1.82, 2.24) is 0 Å². The van der Waals surface area contributed by atoms with E-state index in [4.69, 9.17) is 14.6 Å². The van der Waals surface area contributed by atoms with Crippen molar-refractivity contribution in [2.24, 2.45) is 5.14 Å². The van der Waals surface area contributed by atoms with E-state index in [0.29, 0.717) is 18.6 Å². The number of unbranched alkanes of at least 4 members (excludes halogenated alkanes) is 1. The Kier molecular flexibility index (Phi) is 6.06. The minimum absolute atomic E-state index is 0.0560. The summed E-state index contributed by atoms with van der Waals surface area (Å²) in [5, 5.41) is 15.9. The van der Waals surface area contributed by atoms with Crippen LogP contribution in [-0.4, -0.2) is 33.7 Å². The highest BCUT2D eigenvalue weighted by molar-refractivity contribution is 7.89. The van der Waals surface area contributed by atoms with Gasteiger partial charge in [-0.1, -0.05) is 0 Å². The van der Waals surface area contributed by atoms with E-state index < -0.39 is 14.9 Å². The summed E-state index contributed by atoms with van der Waals surface area (Å²) < 4.78 is 33.5. The molecule has 0 heterocycles. The van der Waals surface area contributed by atoms with Gasteiger partial charge in [-0.2, -0.15) is 0 Å². The number of benzene rings is 1. The van der Waals surface area contributed by atoms with Crippen LogP contribution in [0.2, 0.25) is 0 Å². The molecule has 0 aliphatic rings. The minimum Gasteiger partial charge on any atom is -0.492 e. The van der Waals surface area contributed by atoms with Crippen LogP contribution in [0.5, 0.6) is 5.75 Å². The summed E-state index contributed by atoms with van der Waals surface area (Å²) in [4.78, 5) is 9.74. The minimum atomic E-state index is -4.11. The zero-order valence-corrected chi connectivity index (χ0v) is 12.7. The topological polar surface area (TPSA) is 122 Å². The van der Waals surface area contributed by atoms with Crippen LogP contribution in [-0.2, 0) is 14.8 Å². The van der Waals surface area contributed by atoms with Crippen molar-refractivity contribution < 1.29 is 22.8 Å². The van der Waals surface area contributed by atoms with E-state index in [2.05, 4.69) is 0 Å². The van der Waals surface area contributed by atoms with Crippen LogP contribution in [0.4, 0.5) is 5.69 Å². The molecule has 118 valence electrons. The average molecular weight is 318 g/mol. The van der Waals surface area contributed by atoms with Crippen LogP contribution in [0.3, 0.4) is 0 Å². The van der Waals surface area contributed by atoms with Gasteiger partial charge < -0.3 is 9.47 Å². The largest absolute Gasteiger partial charge is 0.492 e. The molecular weight excluding hydrogens is 300 g/mol. The Morgan fingerprint density at radius 3 is 2.43 bits per heavy atom. The van der Waals surface area contributed by atoms with E-state index in [1.54, 1.807) is 7.11 Å². The summed E-state index contributed by atoms with van der Waals surface area (Å²) in [6.45, 7) is 2.38. The lowest BCUT2D eigenvalue weighted by Crippen LogP contribution is -2.15. The first-order chi connectivity index (χ1) is 9.77. The highest BCUT2D eigenvalue weighted by Gasteiger charge is 2.22. The third kappa shape index (κ3) is 4.96. The SMILES string of the molecule is COCCCCOc1c(C)cc([N+](=O)[O-])cc1S(N)(=O)=O. The highest BCUT2D eigenvalue weighted by atomic mass is 32.2. The molecule has 0 radical (unpaired) electrons. The molecule has 0 saturated heterocycles. The second kappa shape index (κ2) is 7.34. The van der Waals surface area contributed by atoms with E-state index in [9.17, 15) is 18.5 Å². The van der Waals surface area contributed by atoms with Crippen LogP contribution in [0, 0.1) is 17.0 Å². The first kappa shape index (κ1) is 17.3. The summed E-state index contributed by atoms with van der Waals surface area (Å²) in [5.41, 5.74) is 0.00299. The van der Waals surface area contributed by atoms with Crippen molar-refractivity contribution >= 4 is 15.7 Å². The van der Waals surface area contributed by atoms with Gasteiger partial charge in [-0.05, 0) is 25.3 Å². The van der Waals surface area contributed by atoms with E-state index in [1.807, 2.05) is 0 Å². The van der Waals surface area contributed by atoms with Gasteiger partial charge in [0.15, 0.2) is 0 Å². The molecule has 2 N–H and O–H groups in total. The lowest BCUT2D eigenvalue weighted by molar-refractivity contribution is -0.385. The van der Waals surface area contributed by atoms with Crippen molar-refractivity contribution in [3.05, 3.63) is 27.8 Å². The first-order valence-electron chi connectivity index (χ1n) is 6.21. The number of rotatable bonds is 8. The Morgan fingerprint density at radius 2 is 1.90 bits per heavy atom. The zero-order chi connectivity index (χ0) is 16.0. The Morgan fingerprint density at radius 1 is 1.29 bits per heavy atom. The van der Waals surface area contributed by atoms with E-state index >= 15 is 0 Å². The molecule has 0 aromatic heterocycles. The molecular formula is C12H18N2O6S. The molecule has 0 amide bonds. The number of hydrogen-bond acceptors (Lipinski definition) is 6. The van der Waals surface area contributed by atoms with Crippen LogP contribution >= 0.6 is 0 Å². The van der Waals surface area contributed by atoms with Gasteiger partial charge in [-0.3, -0.25) is 10.1 Å². The molecule has 0 saturated carbocycles. The molecule has 0 bridgehead atoms. The molecule has 1 aromatic rings. The van der Waals surface area contributed by atoms with Crippen LogP contribution in [0.15, 0.2) is 17.0 Å². The zero-order valence-electron chi connectivity index (χ0n) is 11.9. The molecule has 1 aromatic carbocycles. The van der Waals surface area contributed by atoms with Gasteiger partial charge in [0.1, 0.15) is 10.6 Å². The number of nitrogens with zero attached hydrogens (tertiary/aromatic N) is 1. The van der Waals surface area contributed by atoms with Gasteiger partial charge >= 0.3 is 0 Å². The fourth-order valence-electron chi connectivity index (χ4n) is 1.75. The number of non-ortho nitro benzene ring substituents is 1. The number of hydrogen-bond donors (Lipinski definition) is 1.